The van der Waals surface area contributed by atoms with E-state index in [4.69, 9.17) is 18.4 Å². The fourth-order valence-electron chi connectivity index (χ4n) is 3.69. The molecule has 150 valence electrons. The Morgan fingerprint density at radius 2 is 1.85 bits per heavy atom. The number of ether oxygens (including phenoxy) is 3. The summed E-state index contributed by atoms with van der Waals surface area (Å²) in [6.45, 7) is 7.22. The molecule has 2 saturated carbocycles. The van der Waals surface area contributed by atoms with E-state index in [9.17, 15) is 18.0 Å². The predicted octanol–water partition coefficient (Wildman–Crippen LogP) is 2.22. The van der Waals surface area contributed by atoms with Gasteiger partial charge in [0.2, 0.25) is 0 Å². The highest BCUT2D eigenvalue weighted by molar-refractivity contribution is 7.67. The number of rotatable bonds is 8. The van der Waals surface area contributed by atoms with Crippen molar-refractivity contribution in [3.8, 4) is 0 Å². The Morgan fingerprint density at radius 3 is 2.46 bits per heavy atom. The first-order valence-electron chi connectivity index (χ1n) is 8.91. The van der Waals surface area contributed by atoms with Crippen molar-refractivity contribution in [3.63, 3.8) is 0 Å². The summed E-state index contributed by atoms with van der Waals surface area (Å²) < 4.78 is 42.3. The van der Waals surface area contributed by atoms with Crippen LogP contribution in [0.2, 0.25) is 0 Å². The van der Waals surface area contributed by atoms with Crippen LogP contribution in [0, 0.1) is 16.7 Å². The lowest BCUT2D eigenvalue weighted by atomic mass is 9.83. The van der Waals surface area contributed by atoms with E-state index in [0.29, 0.717) is 6.42 Å². The lowest BCUT2D eigenvalue weighted by Gasteiger charge is -2.34. The van der Waals surface area contributed by atoms with Crippen LogP contribution in [0.25, 0.3) is 0 Å². The van der Waals surface area contributed by atoms with Crippen LogP contribution in [0.3, 0.4) is 0 Å². The molecule has 2 fully saturated rings. The highest BCUT2D eigenvalue weighted by Gasteiger charge is 2.58. The molecule has 9 heteroatoms. The van der Waals surface area contributed by atoms with E-state index >= 15 is 0 Å². The third-order valence-corrected chi connectivity index (χ3v) is 6.08. The van der Waals surface area contributed by atoms with Gasteiger partial charge in [-0.1, -0.05) is 13.8 Å². The van der Waals surface area contributed by atoms with Gasteiger partial charge in [0, 0.05) is 5.41 Å². The fraction of sp³-hybridized carbons (Fsp3) is 0.882. The fourth-order valence-corrected chi connectivity index (χ4v) is 4.17. The number of fused-ring (bicyclic) bond motifs is 2. The number of hydrogen-bond acceptors (Lipinski definition) is 8. The number of carbonyl (C=O) groups excluding carboxylic acids is 2. The van der Waals surface area contributed by atoms with E-state index in [2.05, 4.69) is 0 Å². The molecule has 4 unspecified atom stereocenters. The van der Waals surface area contributed by atoms with E-state index in [1.54, 1.807) is 13.8 Å². The lowest BCUT2D eigenvalue weighted by molar-refractivity contribution is -0.155. The maximum absolute atomic E-state index is 12.0. The van der Waals surface area contributed by atoms with Gasteiger partial charge in [0.05, 0.1) is 5.41 Å². The molecule has 0 N–H and O–H groups in total. The average molecular weight is 392 g/mol. The van der Waals surface area contributed by atoms with Gasteiger partial charge < -0.3 is 14.2 Å². The van der Waals surface area contributed by atoms with Crippen LogP contribution in [-0.2, 0) is 34.2 Å². The molecular formula is C17H28O8S. The normalized spacial score (nSPS) is 30.4. The zero-order valence-electron chi connectivity index (χ0n) is 15.7. The van der Waals surface area contributed by atoms with Crippen LogP contribution in [0.15, 0.2) is 0 Å². The second-order valence-electron chi connectivity index (χ2n) is 7.96. The first-order chi connectivity index (χ1) is 12.1. The number of esters is 1. The minimum Gasteiger partial charge on any atom is -0.462 e. The van der Waals surface area contributed by atoms with Crippen molar-refractivity contribution in [1.82, 2.24) is 0 Å². The van der Waals surface area contributed by atoms with Gasteiger partial charge in [-0.05, 0) is 45.4 Å². The molecule has 4 atom stereocenters. The molecule has 8 nitrogen and oxygen atoms in total. The maximum Gasteiger partial charge on any atom is 0.508 e. The summed E-state index contributed by atoms with van der Waals surface area (Å²) >= 11 is 0. The third kappa shape index (κ3) is 4.68. The van der Waals surface area contributed by atoms with Gasteiger partial charge in [-0.25, -0.2) is 13.2 Å². The van der Waals surface area contributed by atoms with Crippen LogP contribution < -0.4 is 0 Å². The highest BCUT2D eigenvalue weighted by Crippen LogP contribution is 2.56. The zero-order valence-corrected chi connectivity index (χ0v) is 16.6. The van der Waals surface area contributed by atoms with Crippen molar-refractivity contribution in [3.05, 3.63) is 0 Å². The van der Waals surface area contributed by atoms with Crippen molar-refractivity contribution in [2.24, 2.45) is 16.7 Å². The monoisotopic (exact) mass is 392 g/mol. The van der Waals surface area contributed by atoms with E-state index in [1.807, 2.05) is 13.8 Å². The Balaban J connectivity index is 1.80. The minimum atomic E-state index is -3.02. The molecule has 0 amide bonds. The molecule has 0 spiro atoms. The number of carbonyl (C=O) groups is 2. The van der Waals surface area contributed by atoms with Crippen molar-refractivity contribution >= 4 is 23.1 Å². The summed E-state index contributed by atoms with van der Waals surface area (Å²) in [4.78, 5) is 23.8. The van der Waals surface area contributed by atoms with Gasteiger partial charge in [0.25, 0.3) is 11.0 Å². The predicted molar refractivity (Wildman–Crippen MR) is 91.9 cm³/mol. The summed E-state index contributed by atoms with van der Waals surface area (Å²) in [5, 5.41) is 0. The first kappa shape index (κ1) is 21.0. The van der Waals surface area contributed by atoms with Crippen LogP contribution in [0.5, 0.6) is 0 Å². The first-order valence-corrected chi connectivity index (χ1v) is 10.0. The molecular weight excluding hydrogens is 364 g/mol. The van der Waals surface area contributed by atoms with Gasteiger partial charge in [0.15, 0.2) is 0 Å². The Kier molecular flexibility index (Phi) is 6.55. The van der Waals surface area contributed by atoms with Gasteiger partial charge in [-0.3, -0.25) is 8.98 Å². The van der Waals surface area contributed by atoms with Gasteiger partial charge in [-0.15, -0.1) is 0 Å². The average Bonchev–Trinajstić information content (AvgIpc) is 3.06. The molecule has 0 heterocycles. The van der Waals surface area contributed by atoms with Crippen LogP contribution in [0.4, 0.5) is 4.79 Å². The number of hydrogen-bond donors (Lipinski definition) is 1. The van der Waals surface area contributed by atoms with Crippen LogP contribution in [-0.4, -0.2) is 46.0 Å². The van der Waals surface area contributed by atoms with E-state index in [-0.39, 0.29) is 30.5 Å². The van der Waals surface area contributed by atoms with Gasteiger partial charge in [0.1, 0.15) is 25.4 Å². The largest absolute Gasteiger partial charge is 0.508 e. The van der Waals surface area contributed by atoms with Crippen molar-refractivity contribution in [2.75, 3.05) is 13.2 Å². The van der Waals surface area contributed by atoms with E-state index in [1.165, 1.54) is 0 Å². The van der Waals surface area contributed by atoms with E-state index < -0.39 is 34.8 Å². The Bertz CT molecular complexity index is 606. The lowest BCUT2D eigenvalue weighted by Crippen LogP contribution is -2.43. The quantitative estimate of drug-likeness (QED) is 0.381. The Labute approximate surface area is 155 Å². The molecule has 0 aliphatic heterocycles. The highest BCUT2D eigenvalue weighted by atomic mass is 32.2. The van der Waals surface area contributed by atoms with Gasteiger partial charge >= 0.3 is 12.1 Å². The van der Waals surface area contributed by atoms with Crippen LogP contribution >= 0.6 is 0 Å². The topological polar surface area (TPSA) is 105 Å². The second kappa shape index (κ2) is 8.12. The maximum atomic E-state index is 12.0. The van der Waals surface area contributed by atoms with E-state index in [0.717, 1.165) is 19.3 Å². The molecule has 26 heavy (non-hydrogen) atoms. The molecule has 0 aromatic carbocycles. The summed E-state index contributed by atoms with van der Waals surface area (Å²) in [7, 11) is -3.02. The van der Waals surface area contributed by atoms with Crippen molar-refractivity contribution in [1.29, 1.82) is 0 Å². The third-order valence-electron chi connectivity index (χ3n) is 5.67. The molecule has 0 saturated heterocycles. The van der Waals surface area contributed by atoms with Gasteiger partial charge in [-0.2, -0.15) is 0 Å². The minimum absolute atomic E-state index is 0.0583. The Morgan fingerprint density at radius 1 is 1.19 bits per heavy atom. The molecule has 0 aromatic rings. The summed E-state index contributed by atoms with van der Waals surface area (Å²) in [6, 6.07) is 0. The summed E-state index contributed by atoms with van der Waals surface area (Å²) in [5.74, 6) is -0.298. The summed E-state index contributed by atoms with van der Waals surface area (Å²) in [6.07, 6.45) is 0.845. The second-order valence-corrected chi connectivity index (χ2v) is 8.62. The zero-order chi connectivity index (χ0) is 19.5. The molecule has 0 radical (unpaired) electrons. The molecule has 2 aliphatic rings. The van der Waals surface area contributed by atoms with Crippen LogP contribution in [0.1, 0.15) is 53.4 Å². The molecule has 0 aromatic heterocycles. The number of thiol groups is 1. The van der Waals surface area contributed by atoms with Crippen molar-refractivity contribution < 1.29 is 36.4 Å². The Hall–Kier alpha value is -1.35. The SMILES string of the molecule is CCC(C)(C)C(=O)OCCOC(=O)OC1C(O[SH](=O)=O)C2CCC1(C)C2. The smallest absolute Gasteiger partial charge is 0.462 e. The van der Waals surface area contributed by atoms with Crippen molar-refractivity contribution in [2.45, 2.75) is 65.6 Å². The molecule has 2 aliphatic carbocycles. The molecule has 2 bridgehead atoms. The standard InChI is InChI=1S/C17H28O8S/c1-5-16(2,3)14(18)22-8-9-23-15(19)24-13-12(25-26(20)21)11-6-7-17(13,4)10-11/h11-13,26H,5-10H2,1-4H3. The molecule has 2 rings (SSSR count). The summed E-state index contributed by atoms with van der Waals surface area (Å²) in [5.41, 5.74) is -0.894.